The summed E-state index contributed by atoms with van der Waals surface area (Å²) in [5.41, 5.74) is 2.32. The molecule has 1 aliphatic rings. The first-order valence-corrected chi connectivity index (χ1v) is 9.05. The summed E-state index contributed by atoms with van der Waals surface area (Å²) in [6.07, 6.45) is 1.58. The summed E-state index contributed by atoms with van der Waals surface area (Å²) in [4.78, 5) is 17.4. The Morgan fingerprint density at radius 3 is 2.88 bits per heavy atom. The summed E-state index contributed by atoms with van der Waals surface area (Å²) in [5.74, 6) is 0.0393. The van der Waals surface area contributed by atoms with Gasteiger partial charge >= 0.3 is 0 Å². The van der Waals surface area contributed by atoms with Gasteiger partial charge in [-0.3, -0.25) is 4.79 Å². The minimum Gasteiger partial charge on any atom is -0.384 e. The molecule has 0 bridgehead atoms. The fourth-order valence-corrected chi connectivity index (χ4v) is 3.76. The maximum absolute atomic E-state index is 12.9. The van der Waals surface area contributed by atoms with Crippen LogP contribution in [0.25, 0.3) is 11.3 Å². The largest absolute Gasteiger partial charge is 0.384 e. The molecule has 1 aromatic carbocycles. The number of nitrogens with one attached hydrogen (secondary N) is 2. The highest BCUT2D eigenvalue weighted by atomic mass is 32.1. The number of piperidine rings is 1. The van der Waals surface area contributed by atoms with E-state index in [2.05, 4.69) is 15.6 Å². The number of methoxy groups -OCH3 is 1. The number of ether oxygens (including phenoxy) is 1. The Bertz CT molecular complexity index is 702. The predicted molar refractivity (Wildman–Crippen MR) is 97.3 cm³/mol. The maximum atomic E-state index is 12.9. The smallest absolute Gasteiger partial charge is 0.233 e. The van der Waals surface area contributed by atoms with E-state index in [1.54, 1.807) is 18.4 Å². The number of nitrogens with zero attached hydrogens (tertiary/aromatic N) is 1. The average molecular weight is 345 g/mol. The van der Waals surface area contributed by atoms with Crippen LogP contribution in [-0.4, -0.2) is 37.7 Å². The molecule has 0 spiro atoms. The van der Waals surface area contributed by atoms with Crippen molar-refractivity contribution >= 4 is 22.9 Å². The lowest BCUT2D eigenvalue weighted by atomic mass is 9.78. The number of anilines is 1. The molecule has 1 aromatic heterocycles. The summed E-state index contributed by atoms with van der Waals surface area (Å²) in [6, 6.07) is 7.86. The molecule has 0 atom stereocenters. The van der Waals surface area contributed by atoms with Crippen LogP contribution < -0.4 is 10.6 Å². The van der Waals surface area contributed by atoms with Crippen molar-refractivity contribution in [3.8, 4) is 11.3 Å². The molecule has 1 fully saturated rings. The number of rotatable bonds is 5. The number of benzene rings is 1. The Morgan fingerprint density at radius 1 is 1.42 bits per heavy atom. The molecule has 0 aliphatic carbocycles. The van der Waals surface area contributed by atoms with Gasteiger partial charge in [-0.1, -0.05) is 12.1 Å². The number of carbonyl (C=O) groups is 1. The van der Waals surface area contributed by atoms with E-state index in [-0.39, 0.29) is 5.91 Å². The van der Waals surface area contributed by atoms with Crippen LogP contribution in [0.2, 0.25) is 0 Å². The van der Waals surface area contributed by atoms with Gasteiger partial charge in [-0.15, -0.1) is 11.3 Å². The average Bonchev–Trinajstić information content (AvgIpc) is 3.03. The van der Waals surface area contributed by atoms with E-state index in [1.807, 2.05) is 36.6 Å². The van der Waals surface area contributed by atoms with Gasteiger partial charge in [-0.05, 0) is 45.0 Å². The van der Waals surface area contributed by atoms with Crippen molar-refractivity contribution in [2.24, 2.45) is 5.41 Å². The molecule has 2 heterocycles. The predicted octanol–water partition coefficient (Wildman–Crippen LogP) is 3.07. The Balaban J connectivity index is 1.78. The molecule has 6 heteroatoms. The Morgan fingerprint density at radius 2 is 2.21 bits per heavy atom. The molecule has 2 aromatic rings. The monoisotopic (exact) mass is 345 g/mol. The van der Waals surface area contributed by atoms with Crippen LogP contribution >= 0.6 is 11.3 Å². The van der Waals surface area contributed by atoms with Gasteiger partial charge in [0.25, 0.3) is 0 Å². The quantitative estimate of drug-likeness (QED) is 0.874. The number of amides is 1. The maximum Gasteiger partial charge on any atom is 0.233 e. The van der Waals surface area contributed by atoms with E-state index in [0.29, 0.717) is 6.61 Å². The lowest BCUT2D eigenvalue weighted by Gasteiger charge is -2.35. The third-order valence-electron chi connectivity index (χ3n) is 4.50. The topological polar surface area (TPSA) is 63.2 Å². The first-order chi connectivity index (χ1) is 11.6. The molecule has 128 valence electrons. The molecule has 0 saturated carbocycles. The standard InChI is InChI=1S/C18H23N3O2S/c1-13-20-16(11-24-13)14-4-3-5-15(10-14)21-17(22)18(12-23-2)6-8-19-9-7-18/h3-5,10-11,19H,6-9,12H2,1-2H3,(H,21,22). The number of thiazole rings is 1. The van der Waals surface area contributed by atoms with Crippen LogP contribution in [0.4, 0.5) is 5.69 Å². The normalized spacial score (nSPS) is 16.8. The molecule has 1 amide bonds. The van der Waals surface area contributed by atoms with E-state index in [1.165, 1.54) is 0 Å². The van der Waals surface area contributed by atoms with Crippen LogP contribution in [0.5, 0.6) is 0 Å². The molecule has 2 N–H and O–H groups in total. The molecular formula is C18H23N3O2S. The summed E-state index contributed by atoms with van der Waals surface area (Å²) in [7, 11) is 1.66. The lowest BCUT2D eigenvalue weighted by molar-refractivity contribution is -0.130. The number of aromatic nitrogens is 1. The van der Waals surface area contributed by atoms with Crippen molar-refractivity contribution < 1.29 is 9.53 Å². The minimum atomic E-state index is -0.451. The number of hydrogen-bond acceptors (Lipinski definition) is 5. The molecule has 1 saturated heterocycles. The van der Waals surface area contributed by atoms with Crippen LogP contribution in [0.3, 0.4) is 0 Å². The second kappa shape index (κ2) is 7.42. The molecule has 1 aliphatic heterocycles. The van der Waals surface area contributed by atoms with Crippen molar-refractivity contribution in [3.05, 3.63) is 34.7 Å². The van der Waals surface area contributed by atoms with Gasteiger partial charge in [-0.25, -0.2) is 4.98 Å². The highest BCUT2D eigenvalue weighted by Gasteiger charge is 2.39. The Kier molecular flexibility index (Phi) is 5.28. The zero-order chi connectivity index (χ0) is 17.0. The van der Waals surface area contributed by atoms with Crippen LogP contribution in [0, 0.1) is 12.3 Å². The van der Waals surface area contributed by atoms with E-state index in [9.17, 15) is 4.79 Å². The van der Waals surface area contributed by atoms with E-state index < -0.39 is 5.41 Å². The van der Waals surface area contributed by atoms with Crippen LogP contribution in [0.1, 0.15) is 17.8 Å². The zero-order valence-electron chi connectivity index (χ0n) is 14.1. The fraction of sp³-hybridized carbons (Fsp3) is 0.444. The number of aryl methyl sites for hydroxylation is 1. The SMILES string of the molecule is COCC1(C(=O)Nc2cccc(-c3csc(C)n3)c2)CCNCC1. The second-order valence-corrected chi connectivity index (χ2v) is 7.31. The molecular weight excluding hydrogens is 322 g/mol. The molecule has 5 nitrogen and oxygen atoms in total. The van der Waals surface area contributed by atoms with Gasteiger partial charge in [0, 0.05) is 23.7 Å². The van der Waals surface area contributed by atoms with Gasteiger partial charge in [-0.2, -0.15) is 0 Å². The van der Waals surface area contributed by atoms with Gasteiger partial charge in [0.15, 0.2) is 0 Å². The van der Waals surface area contributed by atoms with Gasteiger partial charge in [0.1, 0.15) is 0 Å². The molecule has 0 unspecified atom stereocenters. The van der Waals surface area contributed by atoms with Crippen LogP contribution in [0.15, 0.2) is 29.6 Å². The van der Waals surface area contributed by atoms with E-state index in [4.69, 9.17) is 4.74 Å². The van der Waals surface area contributed by atoms with Crippen molar-refractivity contribution in [3.63, 3.8) is 0 Å². The first kappa shape index (κ1) is 17.1. The summed E-state index contributed by atoms with van der Waals surface area (Å²) < 4.78 is 5.34. The van der Waals surface area contributed by atoms with Crippen molar-refractivity contribution in [1.29, 1.82) is 0 Å². The van der Waals surface area contributed by atoms with Crippen molar-refractivity contribution in [2.45, 2.75) is 19.8 Å². The lowest BCUT2D eigenvalue weighted by Crippen LogP contribution is -2.47. The van der Waals surface area contributed by atoms with Gasteiger partial charge in [0.05, 0.1) is 22.7 Å². The van der Waals surface area contributed by atoms with Crippen molar-refractivity contribution in [2.75, 3.05) is 32.1 Å². The second-order valence-electron chi connectivity index (χ2n) is 6.25. The van der Waals surface area contributed by atoms with Crippen LogP contribution in [-0.2, 0) is 9.53 Å². The van der Waals surface area contributed by atoms with Crippen molar-refractivity contribution in [1.82, 2.24) is 10.3 Å². The Hall–Kier alpha value is -1.76. The summed E-state index contributed by atoms with van der Waals surface area (Å²) >= 11 is 1.63. The summed E-state index contributed by atoms with van der Waals surface area (Å²) in [5, 5.41) is 9.46. The highest BCUT2D eigenvalue weighted by Crippen LogP contribution is 2.31. The molecule has 3 rings (SSSR count). The van der Waals surface area contributed by atoms with Gasteiger partial charge < -0.3 is 15.4 Å². The number of carbonyl (C=O) groups excluding carboxylic acids is 1. The molecule has 24 heavy (non-hydrogen) atoms. The number of hydrogen-bond donors (Lipinski definition) is 2. The third kappa shape index (κ3) is 3.66. The first-order valence-electron chi connectivity index (χ1n) is 8.17. The zero-order valence-corrected chi connectivity index (χ0v) is 14.9. The fourth-order valence-electron chi connectivity index (χ4n) is 3.13. The van der Waals surface area contributed by atoms with E-state index >= 15 is 0 Å². The third-order valence-corrected chi connectivity index (χ3v) is 5.27. The minimum absolute atomic E-state index is 0.0393. The Labute approximate surface area is 146 Å². The van der Waals surface area contributed by atoms with Gasteiger partial charge in [0.2, 0.25) is 5.91 Å². The summed E-state index contributed by atoms with van der Waals surface area (Å²) in [6.45, 7) is 4.13. The van der Waals surface area contributed by atoms with E-state index in [0.717, 1.165) is 47.9 Å². The highest BCUT2D eigenvalue weighted by molar-refractivity contribution is 7.09. The molecule has 0 radical (unpaired) electrons.